The third kappa shape index (κ3) is 5.53. The van der Waals surface area contributed by atoms with Gasteiger partial charge in [-0.3, -0.25) is 4.79 Å². The molecule has 1 amide bonds. The third-order valence-corrected chi connectivity index (χ3v) is 6.11. The van der Waals surface area contributed by atoms with Crippen LogP contribution < -0.4 is 10.5 Å². The topological polar surface area (TPSA) is 116 Å². The molecule has 0 aliphatic carbocycles. The molecule has 9 heteroatoms. The standard InChI is InChI=1S/C21H20N2O5S2/c1-14-2-6-16(7-3-14)18-10-11-29-20(18)21(25)28-13-19(24)23-12-15-4-8-17(9-5-15)30(22,26)27/h2-11H,12-13H2,1H3,(H,23,24)(H2,22,26,27). The van der Waals surface area contributed by atoms with Gasteiger partial charge in [0.1, 0.15) is 4.88 Å². The summed E-state index contributed by atoms with van der Waals surface area (Å²) in [5.74, 6) is -1.03. The maximum atomic E-state index is 12.4. The number of ether oxygens (including phenoxy) is 1. The molecule has 3 aromatic rings. The first-order valence-electron chi connectivity index (χ1n) is 8.94. The monoisotopic (exact) mass is 444 g/mol. The Morgan fingerprint density at radius 1 is 1.03 bits per heavy atom. The van der Waals surface area contributed by atoms with Crippen LogP contribution in [0.4, 0.5) is 0 Å². The molecular weight excluding hydrogens is 424 g/mol. The van der Waals surface area contributed by atoms with Gasteiger partial charge in [0.25, 0.3) is 5.91 Å². The number of aryl methyl sites for hydroxylation is 1. The van der Waals surface area contributed by atoms with Crippen molar-refractivity contribution in [3.63, 3.8) is 0 Å². The lowest BCUT2D eigenvalue weighted by Crippen LogP contribution is -2.28. The molecule has 0 atom stereocenters. The number of nitrogens with one attached hydrogen (secondary N) is 1. The van der Waals surface area contributed by atoms with Crippen molar-refractivity contribution in [3.05, 3.63) is 76.0 Å². The van der Waals surface area contributed by atoms with Crippen LogP contribution >= 0.6 is 11.3 Å². The second-order valence-electron chi connectivity index (χ2n) is 6.57. The predicted octanol–water partition coefficient (Wildman–Crippen LogP) is 2.84. The molecule has 0 fully saturated rings. The Morgan fingerprint density at radius 3 is 2.33 bits per heavy atom. The molecule has 0 saturated heterocycles. The van der Waals surface area contributed by atoms with Crippen LogP contribution in [0.15, 0.2) is 64.9 Å². The fourth-order valence-corrected chi connectivity index (χ4v) is 4.00. The van der Waals surface area contributed by atoms with Gasteiger partial charge in [-0.2, -0.15) is 0 Å². The normalized spacial score (nSPS) is 11.1. The first-order valence-corrected chi connectivity index (χ1v) is 11.4. The van der Waals surface area contributed by atoms with E-state index < -0.39 is 28.5 Å². The second-order valence-corrected chi connectivity index (χ2v) is 9.05. The summed E-state index contributed by atoms with van der Waals surface area (Å²) in [6.45, 7) is 1.73. The minimum Gasteiger partial charge on any atom is -0.451 e. The molecule has 30 heavy (non-hydrogen) atoms. The Kier molecular flexibility index (Phi) is 6.66. The largest absolute Gasteiger partial charge is 0.451 e. The molecule has 3 rings (SSSR count). The van der Waals surface area contributed by atoms with Gasteiger partial charge in [0, 0.05) is 12.1 Å². The van der Waals surface area contributed by atoms with Crippen molar-refractivity contribution in [2.75, 3.05) is 6.61 Å². The minimum atomic E-state index is -3.76. The van der Waals surface area contributed by atoms with E-state index in [0.717, 1.165) is 16.7 Å². The summed E-state index contributed by atoms with van der Waals surface area (Å²) in [4.78, 5) is 24.9. The van der Waals surface area contributed by atoms with E-state index in [4.69, 9.17) is 9.88 Å². The molecule has 1 heterocycles. The smallest absolute Gasteiger partial charge is 0.349 e. The van der Waals surface area contributed by atoms with E-state index in [2.05, 4.69) is 5.32 Å². The predicted molar refractivity (Wildman–Crippen MR) is 114 cm³/mol. The van der Waals surface area contributed by atoms with Crippen LogP contribution in [-0.2, 0) is 26.1 Å². The number of hydrogen-bond acceptors (Lipinski definition) is 6. The summed E-state index contributed by atoms with van der Waals surface area (Å²) in [7, 11) is -3.76. The highest BCUT2D eigenvalue weighted by atomic mass is 32.2. The Hall–Kier alpha value is -3.01. The van der Waals surface area contributed by atoms with Crippen molar-refractivity contribution >= 4 is 33.2 Å². The van der Waals surface area contributed by atoms with Gasteiger partial charge in [-0.05, 0) is 41.6 Å². The van der Waals surface area contributed by atoms with E-state index in [1.807, 2.05) is 37.3 Å². The van der Waals surface area contributed by atoms with E-state index >= 15 is 0 Å². The maximum Gasteiger partial charge on any atom is 0.349 e. The quantitative estimate of drug-likeness (QED) is 0.544. The zero-order chi connectivity index (χ0) is 21.7. The Labute approximate surface area is 178 Å². The van der Waals surface area contributed by atoms with E-state index in [9.17, 15) is 18.0 Å². The zero-order valence-electron chi connectivity index (χ0n) is 16.1. The number of primary sulfonamides is 1. The number of amides is 1. The molecule has 0 spiro atoms. The molecule has 3 N–H and O–H groups in total. The van der Waals surface area contributed by atoms with Crippen molar-refractivity contribution in [1.82, 2.24) is 5.32 Å². The van der Waals surface area contributed by atoms with Gasteiger partial charge in [0.15, 0.2) is 6.61 Å². The molecule has 0 aliphatic rings. The maximum absolute atomic E-state index is 12.4. The number of sulfonamides is 1. The van der Waals surface area contributed by atoms with Crippen LogP contribution in [0.2, 0.25) is 0 Å². The number of nitrogens with two attached hydrogens (primary N) is 1. The van der Waals surface area contributed by atoms with E-state index in [-0.39, 0.29) is 11.4 Å². The van der Waals surface area contributed by atoms with Crippen LogP contribution in [0.3, 0.4) is 0 Å². The number of hydrogen-bond donors (Lipinski definition) is 2. The van der Waals surface area contributed by atoms with Crippen LogP contribution in [0.25, 0.3) is 11.1 Å². The van der Waals surface area contributed by atoms with Crippen molar-refractivity contribution < 1.29 is 22.7 Å². The van der Waals surface area contributed by atoms with Crippen molar-refractivity contribution in [1.29, 1.82) is 0 Å². The van der Waals surface area contributed by atoms with Gasteiger partial charge in [-0.25, -0.2) is 18.4 Å². The molecule has 1 aromatic heterocycles. The fourth-order valence-electron chi connectivity index (χ4n) is 2.67. The summed E-state index contributed by atoms with van der Waals surface area (Å²) in [5, 5.41) is 9.47. The Balaban J connectivity index is 1.54. The summed E-state index contributed by atoms with van der Waals surface area (Å²) >= 11 is 1.26. The van der Waals surface area contributed by atoms with Crippen LogP contribution in [-0.4, -0.2) is 26.9 Å². The number of rotatable bonds is 7. The molecular formula is C21H20N2O5S2. The van der Waals surface area contributed by atoms with Gasteiger partial charge < -0.3 is 10.1 Å². The molecule has 0 radical (unpaired) electrons. The van der Waals surface area contributed by atoms with E-state index in [0.29, 0.717) is 10.4 Å². The zero-order valence-corrected chi connectivity index (χ0v) is 17.8. The van der Waals surface area contributed by atoms with Crippen molar-refractivity contribution in [2.24, 2.45) is 5.14 Å². The molecule has 0 aliphatic heterocycles. The number of thiophene rings is 1. The highest BCUT2D eigenvalue weighted by Gasteiger charge is 2.17. The molecule has 7 nitrogen and oxygen atoms in total. The fraction of sp³-hybridized carbons (Fsp3) is 0.143. The molecule has 0 unspecified atom stereocenters. The Morgan fingerprint density at radius 2 is 1.70 bits per heavy atom. The average molecular weight is 445 g/mol. The number of carbonyl (C=O) groups is 2. The minimum absolute atomic E-state index is 0.00756. The van der Waals surface area contributed by atoms with E-state index in [1.54, 1.807) is 17.5 Å². The molecule has 0 saturated carbocycles. The highest BCUT2D eigenvalue weighted by Crippen LogP contribution is 2.29. The number of benzene rings is 2. The summed E-state index contributed by atoms with van der Waals surface area (Å²) in [6, 6.07) is 15.5. The summed E-state index contributed by atoms with van der Waals surface area (Å²) in [5.41, 5.74) is 3.47. The Bertz CT molecular complexity index is 1150. The lowest BCUT2D eigenvalue weighted by Gasteiger charge is -2.08. The first kappa shape index (κ1) is 21.7. The first-order chi connectivity index (χ1) is 14.2. The van der Waals surface area contributed by atoms with Crippen LogP contribution in [0.1, 0.15) is 20.8 Å². The summed E-state index contributed by atoms with van der Waals surface area (Å²) < 4.78 is 27.6. The SMILES string of the molecule is Cc1ccc(-c2ccsc2C(=O)OCC(=O)NCc2ccc(S(N)(=O)=O)cc2)cc1. The van der Waals surface area contributed by atoms with Gasteiger partial charge in [0.05, 0.1) is 4.90 Å². The summed E-state index contributed by atoms with van der Waals surface area (Å²) in [6.07, 6.45) is 0. The van der Waals surface area contributed by atoms with E-state index in [1.165, 1.54) is 23.5 Å². The lowest BCUT2D eigenvalue weighted by atomic mass is 10.1. The van der Waals surface area contributed by atoms with Crippen LogP contribution in [0, 0.1) is 6.92 Å². The average Bonchev–Trinajstić information content (AvgIpc) is 3.20. The second kappa shape index (κ2) is 9.21. The van der Waals surface area contributed by atoms with Gasteiger partial charge in [0.2, 0.25) is 10.0 Å². The third-order valence-electron chi connectivity index (χ3n) is 4.29. The van der Waals surface area contributed by atoms with Gasteiger partial charge >= 0.3 is 5.97 Å². The van der Waals surface area contributed by atoms with Crippen molar-refractivity contribution in [3.8, 4) is 11.1 Å². The van der Waals surface area contributed by atoms with Gasteiger partial charge in [-0.1, -0.05) is 42.0 Å². The van der Waals surface area contributed by atoms with Gasteiger partial charge in [-0.15, -0.1) is 11.3 Å². The molecule has 2 aromatic carbocycles. The lowest BCUT2D eigenvalue weighted by molar-refractivity contribution is -0.124. The number of esters is 1. The molecule has 156 valence electrons. The highest BCUT2D eigenvalue weighted by molar-refractivity contribution is 7.89. The molecule has 0 bridgehead atoms. The van der Waals surface area contributed by atoms with Crippen LogP contribution in [0.5, 0.6) is 0 Å². The van der Waals surface area contributed by atoms with Crippen molar-refractivity contribution in [2.45, 2.75) is 18.4 Å². The number of carbonyl (C=O) groups excluding carboxylic acids is 2.